The molecule has 0 spiro atoms. The molecule has 1 heterocycles. The number of allylic oxidation sites excluding steroid dienone is 2. The van der Waals surface area contributed by atoms with Gasteiger partial charge in [-0.2, -0.15) is 0 Å². The van der Waals surface area contributed by atoms with Gasteiger partial charge in [-0.15, -0.1) is 0 Å². The van der Waals surface area contributed by atoms with Crippen LogP contribution in [0.4, 0.5) is 0 Å². The third-order valence-electron chi connectivity index (χ3n) is 5.00. The first-order valence-electron chi connectivity index (χ1n) is 8.58. The topological polar surface area (TPSA) is 60.9 Å². The van der Waals surface area contributed by atoms with Gasteiger partial charge in [0.2, 0.25) is 5.91 Å². The Morgan fingerprint density at radius 2 is 1.58 bits per heavy atom. The SMILES string of the molecule is O=C(O)[C@@H]1CC=CC[C@@H]1C(=O)N1CCN(Cc2ccccc2)CC1. The van der Waals surface area contributed by atoms with Crippen LogP contribution in [0.25, 0.3) is 0 Å². The molecule has 0 saturated carbocycles. The third-order valence-corrected chi connectivity index (χ3v) is 5.00. The highest BCUT2D eigenvalue weighted by molar-refractivity contribution is 5.85. The Balaban J connectivity index is 1.55. The van der Waals surface area contributed by atoms with Crippen molar-refractivity contribution in [3.63, 3.8) is 0 Å². The number of carboxylic acid groups (broad SMARTS) is 1. The first-order valence-corrected chi connectivity index (χ1v) is 8.58. The van der Waals surface area contributed by atoms with Crippen LogP contribution < -0.4 is 0 Å². The molecule has 128 valence electrons. The molecule has 0 unspecified atom stereocenters. The summed E-state index contributed by atoms with van der Waals surface area (Å²) >= 11 is 0. The van der Waals surface area contributed by atoms with Crippen molar-refractivity contribution in [1.82, 2.24) is 9.80 Å². The quantitative estimate of drug-likeness (QED) is 0.859. The molecule has 1 aromatic carbocycles. The average Bonchev–Trinajstić information content (AvgIpc) is 2.62. The maximum atomic E-state index is 12.7. The first-order chi connectivity index (χ1) is 11.6. The van der Waals surface area contributed by atoms with E-state index < -0.39 is 17.8 Å². The maximum absolute atomic E-state index is 12.7. The minimum atomic E-state index is -0.861. The Morgan fingerprint density at radius 1 is 0.958 bits per heavy atom. The molecule has 0 aromatic heterocycles. The molecule has 2 aliphatic rings. The minimum Gasteiger partial charge on any atom is -0.481 e. The van der Waals surface area contributed by atoms with E-state index in [0.717, 1.165) is 19.6 Å². The van der Waals surface area contributed by atoms with Crippen molar-refractivity contribution in [2.45, 2.75) is 19.4 Å². The molecule has 0 radical (unpaired) electrons. The molecule has 3 rings (SSSR count). The zero-order valence-electron chi connectivity index (χ0n) is 13.8. The number of aliphatic carboxylic acids is 1. The van der Waals surface area contributed by atoms with Gasteiger partial charge in [-0.05, 0) is 18.4 Å². The van der Waals surface area contributed by atoms with Crippen molar-refractivity contribution in [3.05, 3.63) is 48.0 Å². The smallest absolute Gasteiger partial charge is 0.307 e. The van der Waals surface area contributed by atoms with Crippen LogP contribution in [0.1, 0.15) is 18.4 Å². The molecule has 1 N–H and O–H groups in total. The summed E-state index contributed by atoms with van der Waals surface area (Å²) in [6, 6.07) is 10.3. The predicted molar refractivity (Wildman–Crippen MR) is 91.3 cm³/mol. The number of rotatable bonds is 4. The molecule has 1 saturated heterocycles. The zero-order chi connectivity index (χ0) is 16.9. The second-order valence-electron chi connectivity index (χ2n) is 6.58. The van der Waals surface area contributed by atoms with Gasteiger partial charge in [0.25, 0.3) is 0 Å². The average molecular weight is 328 g/mol. The van der Waals surface area contributed by atoms with E-state index in [2.05, 4.69) is 17.0 Å². The largest absolute Gasteiger partial charge is 0.481 e. The fraction of sp³-hybridized carbons (Fsp3) is 0.474. The Kier molecular flexibility index (Phi) is 5.30. The van der Waals surface area contributed by atoms with Gasteiger partial charge >= 0.3 is 5.97 Å². The van der Waals surface area contributed by atoms with E-state index >= 15 is 0 Å². The molecule has 2 atom stereocenters. The summed E-state index contributed by atoms with van der Waals surface area (Å²) in [4.78, 5) is 28.3. The highest BCUT2D eigenvalue weighted by Crippen LogP contribution is 2.28. The van der Waals surface area contributed by atoms with Crippen molar-refractivity contribution >= 4 is 11.9 Å². The van der Waals surface area contributed by atoms with Crippen LogP contribution in [0.3, 0.4) is 0 Å². The molecule has 0 bridgehead atoms. The molecule has 5 nitrogen and oxygen atoms in total. The molecule has 1 fully saturated rings. The van der Waals surface area contributed by atoms with Gasteiger partial charge in [-0.25, -0.2) is 0 Å². The Labute approximate surface area is 142 Å². The minimum absolute atomic E-state index is 0.00566. The number of nitrogens with zero attached hydrogens (tertiary/aromatic N) is 2. The van der Waals surface area contributed by atoms with Gasteiger partial charge in [-0.1, -0.05) is 42.5 Å². The van der Waals surface area contributed by atoms with E-state index in [-0.39, 0.29) is 5.91 Å². The molecule has 1 aliphatic heterocycles. The van der Waals surface area contributed by atoms with Gasteiger partial charge in [-0.3, -0.25) is 14.5 Å². The van der Waals surface area contributed by atoms with Crippen molar-refractivity contribution in [3.8, 4) is 0 Å². The van der Waals surface area contributed by atoms with E-state index in [1.807, 2.05) is 35.3 Å². The van der Waals surface area contributed by atoms with Crippen molar-refractivity contribution in [2.75, 3.05) is 26.2 Å². The van der Waals surface area contributed by atoms with E-state index in [4.69, 9.17) is 0 Å². The van der Waals surface area contributed by atoms with Gasteiger partial charge in [0.05, 0.1) is 11.8 Å². The Bertz CT molecular complexity index is 606. The molecule has 1 aliphatic carbocycles. The Morgan fingerprint density at radius 3 is 2.21 bits per heavy atom. The van der Waals surface area contributed by atoms with Gasteiger partial charge in [0.15, 0.2) is 0 Å². The third kappa shape index (κ3) is 3.85. The summed E-state index contributed by atoms with van der Waals surface area (Å²) in [7, 11) is 0. The summed E-state index contributed by atoms with van der Waals surface area (Å²) < 4.78 is 0. The number of hydrogen-bond acceptors (Lipinski definition) is 3. The van der Waals surface area contributed by atoms with Crippen LogP contribution in [0, 0.1) is 11.8 Å². The standard InChI is InChI=1S/C19H24N2O3/c22-18(16-8-4-5-9-17(16)19(23)24)21-12-10-20(11-13-21)14-15-6-2-1-3-7-15/h1-7,16-17H,8-14H2,(H,23,24)/t16-,17+/m0/s1. The van der Waals surface area contributed by atoms with Crippen LogP contribution in [0.5, 0.6) is 0 Å². The lowest BCUT2D eigenvalue weighted by Crippen LogP contribution is -2.51. The predicted octanol–water partition coefficient (Wildman–Crippen LogP) is 2.00. The van der Waals surface area contributed by atoms with Crippen molar-refractivity contribution < 1.29 is 14.7 Å². The number of hydrogen-bond donors (Lipinski definition) is 1. The van der Waals surface area contributed by atoms with Gasteiger partial charge in [0, 0.05) is 32.7 Å². The molecular formula is C19H24N2O3. The number of piperazine rings is 1. The fourth-order valence-corrected chi connectivity index (χ4v) is 3.56. The van der Waals surface area contributed by atoms with Gasteiger partial charge < -0.3 is 10.0 Å². The van der Waals surface area contributed by atoms with Crippen LogP contribution in [0.2, 0.25) is 0 Å². The van der Waals surface area contributed by atoms with Crippen molar-refractivity contribution in [2.24, 2.45) is 11.8 Å². The number of carbonyl (C=O) groups excluding carboxylic acids is 1. The van der Waals surface area contributed by atoms with Crippen LogP contribution >= 0.6 is 0 Å². The fourth-order valence-electron chi connectivity index (χ4n) is 3.56. The van der Waals surface area contributed by atoms with Crippen LogP contribution in [-0.4, -0.2) is 53.0 Å². The van der Waals surface area contributed by atoms with E-state index in [9.17, 15) is 14.7 Å². The second-order valence-corrected chi connectivity index (χ2v) is 6.58. The van der Waals surface area contributed by atoms with Crippen LogP contribution in [0.15, 0.2) is 42.5 Å². The number of amides is 1. The normalized spacial score (nSPS) is 24.8. The van der Waals surface area contributed by atoms with Gasteiger partial charge in [0.1, 0.15) is 0 Å². The molecule has 24 heavy (non-hydrogen) atoms. The second kappa shape index (κ2) is 7.62. The highest BCUT2D eigenvalue weighted by atomic mass is 16.4. The van der Waals surface area contributed by atoms with Crippen molar-refractivity contribution in [1.29, 1.82) is 0 Å². The number of carbonyl (C=O) groups is 2. The number of carboxylic acids is 1. The lowest BCUT2D eigenvalue weighted by atomic mass is 9.82. The lowest BCUT2D eigenvalue weighted by molar-refractivity contribution is -0.151. The van der Waals surface area contributed by atoms with E-state index in [1.54, 1.807) is 0 Å². The summed E-state index contributed by atoms with van der Waals surface area (Å²) in [6.45, 7) is 3.92. The highest BCUT2D eigenvalue weighted by Gasteiger charge is 2.37. The molecule has 1 aromatic rings. The Hall–Kier alpha value is -2.14. The molecular weight excluding hydrogens is 304 g/mol. The van der Waals surface area contributed by atoms with Crippen LogP contribution in [-0.2, 0) is 16.1 Å². The summed E-state index contributed by atoms with van der Waals surface area (Å²) in [5, 5.41) is 9.35. The summed E-state index contributed by atoms with van der Waals surface area (Å²) in [5.41, 5.74) is 1.28. The lowest BCUT2D eigenvalue weighted by Gasteiger charge is -2.37. The number of benzene rings is 1. The van der Waals surface area contributed by atoms with E-state index in [0.29, 0.717) is 25.9 Å². The van der Waals surface area contributed by atoms with E-state index in [1.165, 1.54) is 5.56 Å². The summed E-state index contributed by atoms with van der Waals surface area (Å²) in [6.07, 6.45) is 4.81. The molecule has 5 heteroatoms. The first kappa shape index (κ1) is 16.7. The monoisotopic (exact) mass is 328 g/mol. The maximum Gasteiger partial charge on any atom is 0.307 e. The zero-order valence-corrected chi connectivity index (χ0v) is 13.8. The molecule has 1 amide bonds. The summed E-state index contributed by atoms with van der Waals surface area (Å²) in [5.74, 6) is -1.84.